The van der Waals surface area contributed by atoms with Gasteiger partial charge in [0, 0.05) is 29.8 Å². The highest BCUT2D eigenvalue weighted by Gasteiger charge is 2.29. The minimum atomic E-state index is -0.658. The number of benzene rings is 1. The minimum absolute atomic E-state index is 0.0602. The van der Waals surface area contributed by atoms with Crippen molar-refractivity contribution in [2.45, 2.75) is 27.2 Å². The molecule has 0 saturated carbocycles. The van der Waals surface area contributed by atoms with Crippen molar-refractivity contribution in [2.24, 2.45) is 10.5 Å². The lowest BCUT2D eigenvalue weighted by atomic mass is 9.88. The van der Waals surface area contributed by atoms with Crippen molar-refractivity contribution in [1.82, 2.24) is 4.98 Å². The molecule has 0 aliphatic carbocycles. The number of pyridine rings is 1. The van der Waals surface area contributed by atoms with E-state index in [1.807, 2.05) is 26.8 Å². The summed E-state index contributed by atoms with van der Waals surface area (Å²) in [5.41, 5.74) is 8.81. The Morgan fingerprint density at radius 3 is 2.71 bits per heavy atom. The third-order valence-electron chi connectivity index (χ3n) is 4.34. The van der Waals surface area contributed by atoms with Gasteiger partial charge in [-0.15, -0.1) is 0 Å². The van der Waals surface area contributed by atoms with E-state index in [1.54, 1.807) is 18.2 Å². The molecule has 28 heavy (non-hydrogen) atoms. The molecule has 0 aliphatic heterocycles. The van der Waals surface area contributed by atoms with Crippen LogP contribution in [0.1, 0.15) is 36.3 Å². The summed E-state index contributed by atoms with van der Waals surface area (Å²) in [7, 11) is 1.44. The average molecular weight is 385 g/mol. The van der Waals surface area contributed by atoms with Crippen molar-refractivity contribution in [2.75, 3.05) is 25.1 Å². The second-order valence-electron chi connectivity index (χ2n) is 7.24. The molecule has 2 aromatic rings. The molecular formula is C20H24FN5O2. The van der Waals surface area contributed by atoms with Gasteiger partial charge in [0.2, 0.25) is 0 Å². The molecule has 0 unspecified atom stereocenters. The molecule has 0 fully saturated rings. The molecule has 1 heterocycles. The number of hydrogen-bond acceptors (Lipinski definition) is 4. The summed E-state index contributed by atoms with van der Waals surface area (Å²) in [5.74, 6) is -0.370. The van der Waals surface area contributed by atoms with Gasteiger partial charge in [0.15, 0.2) is 0 Å². The lowest BCUT2D eigenvalue weighted by Crippen LogP contribution is -2.40. The third-order valence-corrected chi connectivity index (χ3v) is 4.34. The number of ether oxygens (including phenoxy) is 1. The van der Waals surface area contributed by atoms with Crippen molar-refractivity contribution in [3.63, 3.8) is 0 Å². The second-order valence-corrected chi connectivity index (χ2v) is 7.24. The van der Waals surface area contributed by atoms with Gasteiger partial charge in [-0.1, -0.05) is 25.0 Å². The molecule has 7 nitrogen and oxygen atoms in total. The summed E-state index contributed by atoms with van der Waals surface area (Å²) in [4.78, 5) is 21.9. The Balaban J connectivity index is 2.40. The van der Waals surface area contributed by atoms with Crippen LogP contribution in [0.3, 0.4) is 0 Å². The zero-order valence-corrected chi connectivity index (χ0v) is 16.5. The molecule has 0 atom stereocenters. The van der Waals surface area contributed by atoms with Gasteiger partial charge in [0.1, 0.15) is 17.4 Å². The normalized spacial score (nSPS) is 10.9. The van der Waals surface area contributed by atoms with Gasteiger partial charge in [0.05, 0.1) is 12.7 Å². The predicted molar refractivity (Wildman–Crippen MR) is 106 cm³/mol. The van der Waals surface area contributed by atoms with Gasteiger partial charge in [-0.05, 0) is 48.6 Å². The Kier molecular flexibility index (Phi) is 6.95. The zero-order chi connectivity index (χ0) is 20.7. The van der Waals surface area contributed by atoms with E-state index in [0.717, 1.165) is 5.69 Å². The number of hydrogen-bond donors (Lipinski definition) is 0. The smallest absolute Gasteiger partial charge is 0.262 e. The summed E-state index contributed by atoms with van der Waals surface area (Å²) < 4.78 is 19.5. The molecular weight excluding hydrogens is 361 g/mol. The number of amides is 1. The van der Waals surface area contributed by atoms with Gasteiger partial charge < -0.3 is 4.74 Å². The highest BCUT2D eigenvalue weighted by Crippen LogP contribution is 2.27. The van der Waals surface area contributed by atoms with E-state index in [1.165, 1.54) is 24.1 Å². The number of nitrogens with zero attached hydrogens (tertiary/aromatic N) is 5. The molecule has 0 bridgehead atoms. The van der Waals surface area contributed by atoms with Crippen LogP contribution in [0.4, 0.5) is 10.2 Å². The average Bonchev–Trinajstić information content (AvgIpc) is 2.65. The molecule has 8 heteroatoms. The van der Waals surface area contributed by atoms with E-state index in [4.69, 9.17) is 10.3 Å². The number of anilines is 1. The van der Waals surface area contributed by atoms with E-state index >= 15 is 0 Å². The number of aryl methyl sites for hydroxylation is 1. The fourth-order valence-electron chi connectivity index (χ4n) is 2.78. The number of carbonyl (C=O) groups excluding carboxylic acids is 1. The van der Waals surface area contributed by atoms with E-state index in [2.05, 4.69) is 15.0 Å². The molecule has 1 amide bonds. The first-order valence-corrected chi connectivity index (χ1v) is 8.87. The molecule has 0 aliphatic rings. The van der Waals surface area contributed by atoms with Crippen LogP contribution in [0, 0.1) is 18.2 Å². The van der Waals surface area contributed by atoms with Crippen molar-refractivity contribution < 1.29 is 13.9 Å². The number of azide groups is 1. The van der Waals surface area contributed by atoms with Crippen LogP contribution < -0.4 is 9.64 Å². The monoisotopic (exact) mass is 385 g/mol. The van der Waals surface area contributed by atoms with Crippen LogP contribution in [-0.2, 0) is 0 Å². The van der Waals surface area contributed by atoms with Crippen molar-refractivity contribution in [3.8, 4) is 5.75 Å². The summed E-state index contributed by atoms with van der Waals surface area (Å²) in [5, 5.41) is 3.57. The first-order valence-electron chi connectivity index (χ1n) is 8.87. The molecule has 148 valence electrons. The molecule has 0 saturated heterocycles. The minimum Gasteiger partial charge on any atom is -0.497 e. The molecule has 2 rings (SSSR count). The van der Waals surface area contributed by atoms with Gasteiger partial charge in [0.25, 0.3) is 5.91 Å². The largest absolute Gasteiger partial charge is 0.497 e. The summed E-state index contributed by atoms with van der Waals surface area (Å²) in [6.07, 6.45) is 0.567. The highest BCUT2D eigenvalue weighted by molar-refractivity contribution is 6.05. The SMILES string of the molecule is COc1ccc(C(=O)N(CC(C)(C)CCN=[N+]=[N-])c2cccc(C)n2)c(F)c1. The Hall–Kier alpha value is -3.12. The lowest BCUT2D eigenvalue weighted by Gasteiger charge is -2.32. The second kappa shape index (κ2) is 9.19. The van der Waals surface area contributed by atoms with Gasteiger partial charge in [-0.2, -0.15) is 0 Å². The molecule has 1 aromatic heterocycles. The van der Waals surface area contributed by atoms with Gasteiger partial charge in [-0.25, -0.2) is 9.37 Å². The number of aromatic nitrogens is 1. The van der Waals surface area contributed by atoms with Crippen LogP contribution in [0.5, 0.6) is 5.75 Å². The molecule has 0 spiro atoms. The van der Waals surface area contributed by atoms with E-state index < -0.39 is 11.7 Å². The van der Waals surface area contributed by atoms with E-state index in [-0.39, 0.29) is 17.5 Å². The fourth-order valence-corrected chi connectivity index (χ4v) is 2.78. The first kappa shape index (κ1) is 21.2. The predicted octanol–water partition coefficient (Wildman–Crippen LogP) is 4.91. The zero-order valence-electron chi connectivity index (χ0n) is 16.5. The summed E-state index contributed by atoms with van der Waals surface area (Å²) in [6.45, 7) is 6.34. The summed E-state index contributed by atoms with van der Waals surface area (Å²) in [6, 6.07) is 9.48. The summed E-state index contributed by atoms with van der Waals surface area (Å²) >= 11 is 0. The Morgan fingerprint density at radius 2 is 2.11 bits per heavy atom. The number of halogens is 1. The first-order chi connectivity index (χ1) is 13.3. The van der Waals surface area contributed by atoms with Crippen LogP contribution in [0.25, 0.3) is 10.4 Å². The lowest BCUT2D eigenvalue weighted by molar-refractivity contribution is 0.0970. The standard InChI is InChI=1S/C20H24FN5O2/c1-14-6-5-7-18(24-14)26(13-20(2,3)10-11-23-25-22)19(27)16-9-8-15(28-4)12-17(16)21/h5-9,12H,10-11,13H2,1-4H3. The number of methoxy groups -OCH3 is 1. The topological polar surface area (TPSA) is 91.2 Å². The third kappa shape index (κ3) is 5.44. The Labute approximate surface area is 163 Å². The maximum atomic E-state index is 14.5. The quantitative estimate of drug-likeness (QED) is 0.367. The van der Waals surface area contributed by atoms with Gasteiger partial charge in [-0.3, -0.25) is 9.69 Å². The molecule has 1 aromatic carbocycles. The van der Waals surface area contributed by atoms with Crippen LogP contribution in [0.2, 0.25) is 0 Å². The van der Waals surface area contributed by atoms with Crippen molar-refractivity contribution in [1.29, 1.82) is 0 Å². The van der Waals surface area contributed by atoms with Crippen molar-refractivity contribution >= 4 is 11.7 Å². The number of carbonyl (C=O) groups is 1. The maximum Gasteiger partial charge on any atom is 0.262 e. The van der Waals surface area contributed by atoms with E-state index in [9.17, 15) is 9.18 Å². The highest BCUT2D eigenvalue weighted by atomic mass is 19.1. The maximum absolute atomic E-state index is 14.5. The Bertz CT molecular complexity index is 894. The van der Waals surface area contributed by atoms with Crippen LogP contribution >= 0.6 is 0 Å². The van der Waals surface area contributed by atoms with Crippen LogP contribution in [0.15, 0.2) is 41.5 Å². The van der Waals surface area contributed by atoms with E-state index in [0.29, 0.717) is 24.5 Å². The van der Waals surface area contributed by atoms with Crippen molar-refractivity contribution in [3.05, 3.63) is 63.9 Å². The van der Waals surface area contributed by atoms with Crippen LogP contribution in [-0.4, -0.2) is 31.1 Å². The number of rotatable bonds is 8. The molecule has 0 radical (unpaired) electrons. The Morgan fingerprint density at radius 1 is 1.36 bits per heavy atom. The van der Waals surface area contributed by atoms with Gasteiger partial charge >= 0.3 is 0 Å². The molecule has 0 N–H and O–H groups in total. The fraction of sp³-hybridized carbons (Fsp3) is 0.400.